The van der Waals surface area contributed by atoms with Crippen molar-refractivity contribution in [2.24, 2.45) is 0 Å². The average Bonchev–Trinajstić information content (AvgIpc) is 1.59. The Morgan fingerprint density at radius 2 is 0.933 bits per heavy atom. The van der Waals surface area contributed by atoms with Crippen molar-refractivity contribution in [2.75, 3.05) is 0 Å². The number of phosphoric acid groups is 2. The van der Waals surface area contributed by atoms with Crippen LogP contribution in [-0.2, 0) is 9.13 Å². The molecule has 0 atom stereocenters. The molecule has 86 valence electrons. The first kappa shape index (κ1) is 36.1. The van der Waals surface area contributed by atoms with Gasteiger partial charge in [0.05, 0.1) is 19.7 Å². The van der Waals surface area contributed by atoms with Crippen LogP contribution in [0.1, 0.15) is 0 Å². The quantitative estimate of drug-likeness (QED) is 0.182. The van der Waals surface area contributed by atoms with E-state index in [0.29, 0.717) is 0 Å². The van der Waals surface area contributed by atoms with E-state index < -0.39 is 15.6 Å². The van der Waals surface area contributed by atoms with Crippen LogP contribution in [0, 0.1) is 0 Å². The van der Waals surface area contributed by atoms with E-state index in [1.807, 2.05) is 0 Å². The van der Waals surface area contributed by atoms with Gasteiger partial charge in [-0.1, -0.05) is 0 Å². The van der Waals surface area contributed by atoms with Gasteiger partial charge >= 0.3 is 88.8 Å². The second kappa shape index (κ2) is 19.4. The van der Waals surface area contributed by atoms with Crippen molar-refractivity contribution in [2.45, 2.75) is 0 Å². The Morgan fingerprint density at radius 3 is 0.933 bits per heavy atom. The minimum Gasteiger partial charge on any atom is -0.790 e. The van der Waals surface area contributed by atoms with Gasteiger partial charge in [0.25, 0.3) is 0 Å². The molecule has 0 aliphatic carbocycles. The van der Waals surface area contributed by atoms with Crippen molar-refractivity contribution in [3.8, 4) is 0 Å². The molecule has 0 amide bonds. The third-order valence-corrected chi connectivity index (χ3v) is 0. The van der Waals surface area contributed by atoms with Crippen LogP contribution in [0.15, 0.2) is 0 Å². The van der Waals surface area contributed by atoms with Crippen LogP contribution < -0.4 is 96.9 Å². The zero-order chi connectivity index (χ0) is 11.0. The molecule has 15 heavy (non-hydrogen) atoms. The number of hydrogen-bond acceptors (Lipinski definition) is 6. The summed E-state index contributed by atoms with van der Waals surface area (Å²) >= 11 is 3.64. The Morgan fingerprint density at radius 1 is 0.933 bits per heavy atom. The molecule has 0 heterocycles. The molecule has 0 radical (unpaired) electrons. The molecule has 0 aromatic carbocycles. The molecule has 0 fully saturated rings. The fourth-order valence-electron chi connectivity index (χ4n) is 0. The standard InChI is InChI=1S/ClHO.K.H3N.Na.2H3O4P/c1-2;;;;2*1-5(2,3)4/h2H;;1H3;;2*(H3,1,2,3,4)/q;+1;;+1;;/p-2. The van der Waals surface area contributed by atoms with Crippen LogP contribution in [0.4, 0.5) is 0 Å². The summed E-state index contributed by atoms with van der Waals surface area (Å²) < 4.78 is 24.0. The van der Waals surface area contributed by atoms with E-state index in [9.17, 15) is 0 Å². The summed E-state index contributed by atoms with van der Waals surface area (Å²) in [6.07, 6.45) is 0. The van der Waals surface area contributed by atoms with Crippen molar-refractivity contribution in [3.05, 3.63) is 0 Å². The van der Waals surface area contributed by atoms with Crippen LogP contribution in [-0.4, -0.2) is 24.2 Å². The molecule has 0 unspecified atom stereocenters. The van der Waals surface area contributed by atoms with Gasteiger partial charge in [0.15, 0.2) is 0 Å². The first-order chi connectivity index (χ1) is 5.00. The van der Waals surface area contributed by atoms with E-state index >= 15 is 0 Å². The summed E-state index contributed by atoms with van der Waals surface area (Å²) in [5.74, 6) is 0. The average molecular weight is 326 g/mol. The molecule has 0 spiro atoms. The minimum absolute atomic E-state index is 0. The molecule has 0 bridgehead atoms. The van der Waals surface area contributed by atoms with Gasteiger partial charge in [-0.3, -0.25) is 4.66 Å². The van der Waals surface area contributed by atoms with Crippen molar-refractivity contribution in [1.82, 2.24) is 6.15 Å². The Balaban J connectivity index is -0.0000000197. The van der Waals surface area contributed by atoms with E-state index in [1.54, 1.807) is 0 Å². The first-order valence-corrected chi connectivity index (χ1v) is 5.10. The normalized spacial score (nSPS) is 8.27. The summed E-state index contributed by atoms with van der Waals surface area (Å²) in [6, 6.07) is 0. The predicted molar refractivity (Wildman–Crippen MR) is 37.2 cm³/mol. The summed E-state index contributed by atoms with van der Waals surface area (Å²) in [5.41, 5.74) is 0. The number of hydrogen-bond donors (Lipinski definition) is 6. The van der Waals surface area contributed by atoms with Crippen LogP contribution in [0.2, 0.25) is 0 Å². The zero-order valence-corrected chi connectivity index (χ0v) is 15.5. The van der Waals surface area contributed by atoms with Crippen molar-refractivity contribution >= 4 is 27.5 Å². The molecule has 0 aliphatic heterocycles. The minimum atomic E-state index is -5.14. The van der Waals surface area contributed by atoms with Crippen LogP contribution in [0.25, 0.3) is 0 Å². The topological polar surface area (TPSA) is 216 Å². The summed E-state index contributed by atoms with van der Waals surface area (Å²) in [5, 5.41) is 0. The van der Waals surface area contributed by atoms with Crippen molar-refractivity contribution in [3.63, 3.8) is 0 Å². The zero-order valence-electron chi connectivity index (χ0n) is 7.85. The van der Waals surface area contributed by atoms with E-state index in [1.165, 1.54) is 0 Å². The Kier molecular flexibility index (Phi) is 46.8. The monoisotopic (exact) mass is 325 g/mol. The summed E-state index contributed by atoms with van der Waals surface area (Å²) in [7, 11) is -9.78. The van der Waals surface area contributed by atoms with Gasteiger partial charge in [0, 0.05) is 0 Å². The molecule has 0 saturated heterocycles. The maximum Gasteiger partial charge on any atom is 1.00 e. The molecular formula is H8ClKNNaO9P2. The number of rotatable bonds is 0. The van der Waals surface area contributed by atoms with Crippen LogP contribution >= 0.6 is 27.5 Å². The van der Waals surface area contributed by atoms with Gasteiger partial charge < -0.3 is 40.1 Å². The van der Waals surface area contributed by atoms with E-state index in [4.69, 9.17) is 43.1 Å². The Hall–Kier alpha value is 3.07. The molecule has 0 aliphatic rings. The first-order valence-electron chi connectivity index (χ1n) is 1.70. The van der Waals surface area contributed by atoms with E-state index in [-0.39, 0.29) is 87.1 Å². The van der Waals surface area contributed by atoms with Gasteiger partial charge in [0.1, 0.15) is 0 Å². The Bertz CT molecular complexity index is 140. The SMILES string of the molecule is N.O=P(O)(O)O.O=P([O-])([O-])O.OCl.[K+].[Na+]. The van der Waals surface area contributed by atoms with Gasteiger partial charge in [-0.2, -0.15) is 0 Å². The summed E-state index contributed by atoms with van der Waals surface area (Å²) in [4.78, 5) is 45.8. The van der Waals surface area contributed by atoms with Crippen LogP contribution in [0.5, 0.6) is 0 Å². The van der Waals surface area contributed by atoms with Gasteiger partial charge in [-0.05, 0) is 0 Å². The van der Waals surface area contributed by atoms with Crippen molar-refractivity contribution < 1.29 is 124 Å². The maximum absolute atomic E-state index is 8.88. The molecule has 0 aromatic heterocycles. The fourth-order valence-corrected chi connectivity index (χ4v) is 0. The van der Waals surface area contributed by atoms with Gasteiger partial charge in [-0.25, -0.2) is 4.57 Å². The molecule has 0 rings (SSSR count). The maximum atomic E-state index is 8.88. The molecule has 10 nitrogen and oxygen atoms in total. The molecular weight excluding hydrogens is 317 g/mol. The third-order valence-electron chi connectivity index (χ3n) is 0. The Labute approximate surface area is 155 Å². The largest absolute Gasteiger partial charge is 1.00 e. The fraction of sp³-hybridized carbons (Fsp3) is 0. The van der Waals surface area contributed by atoms with Crippen molar-refractivity contribution in [1.29, 1.82) is 0 Å². The molecule has 15 heteroatoms. The second-order valence-corrected chi connectivity index (χ2v) is 2.95. The van der Waals surface area contributed by atoms with E-state index in [0.717, 1.165) is 0 Å². The second-order valence-electron chi connectivity index (χ2n) is 0.982. The predicted octanol–water partition coefficient (Wildman–Crippen LogP) is -8.82. The van der Waals surface area contributed by atoms with Crippen LogP contribution in [0.3, 0.4) is 0 Å². The molecule has 0 aromatic rings. The van der Waals surface area contributed by atoms with E-state index in [2.05, 4.69) is 11.9 Å². The third kappa shape index (κ3) is 412. The van der Waals surface area contributed by atoms with Gasteiger partial charge in [0.2, 0.25) is 0 Å². The summed E-state index contributed by atoms with van der Waals surface area (Å²) in [6.45, 7) is 0. The molecule has 8 N–H and O–H groups in total. The smallest absolute Gasteiger partial charge is 0.790 e. The van der Waals surface area contributed by atoms with Gasteiger partial charge in [-0.15, -0.1) is 0 Å². The molecule has 0 saturated carbocycles. The number of halogens is 1.